The average molecular weight is 567 g/mol. The van der Waals surface area contributed by atoms with Crippen molar-refractivity contribution in [2.75, 3.05) is 19.7 Å². The fraction of sp³-hybridized carbons (Fsp3) is 0.545. The van der Waals surface area contributed by atoms with Crippen molar-refractivity contribution in [1.82, 2.24) is 20.4 Å². The van der Waals surface area contributed by atoms with Crippen molar-refractivity contribution in [3.05, 3.63) is 52.8 Å². The Labute approximate surface area is 205 Å². The first-order valence-electron chi connectivity index (χ1n) is 10.4. The van der Waals surface area contributed by atoms with Gasteiger partial charge in [-0.2, -0.15) is 18.3 Å². The Kier molecular flexibility index (Phi) is 12.0. The summed E-state index contributed by atoms with van der Waals surface area (Å²) in [5, 5.41) is 11.1. The van der Waals surface area contributed by atoms with Gasteiger partial charge in [-0.15, -0.1) is 24.0 Å². The number of aromatic nitrogens is 2. The van der Waals surface area contributed by atoms with Gasteiger partial charge in [-0.25, -0.2) is 4.99 Å². The molecule has 10 heteroatoms. The topological polar surface area (TPSA) is 63.5 Å². The van der Waals surface area contributed by atoms with Crippen LogP contribution in [0.4, 0.5) is 13.2 Å². The van der Waals surface area contributed by atoms with Crippen LogP contribution < -0.4 is 10.6 Å². The fourth-order valence-electron chi connectivity index (χ4n) is 3.03. The summed E-state index contributed by atoms with van der Waals surface area (Å²) in [7, 11) is 0. The molecule has 0 fully saturated rings. The minimum Gasteiger partial charge on any atom is -0.367 e. The highest BCUT2D eigenvalue weighted by molar-refractivity contribution is 14.0. The number of ether oxygens (including phenoxy) is 1. The predicted molar refractivity (Wildman–Crippen MR) is 131 cm³/mol. The number of nitrogens with one attached hydrogen (secondary N) is 2. The van der Waals surface area contributed by atoms with Crippen LogP contribution in [-0.2, 0) is 24.4 Å². The van der Waals surface area contributed by atoms with Crippen molar-refractivity contribution in [2.24, 2.45) is 10.9 Å². The zero-order valence-electron chi connectivity index (χ0n) is 19.0. The lowest BCUT2D eigenvalue weighted by Gasteiger charge is -2.17. The zero-order chi connectivity index (χ0) is 22.9. The molecule has 0 aliphatic rings. The Balaban J connectivity index is 0.00000512. The SMILES string of the molecule is CCNC(=NCc1ccc(COCC(F)(F)F)cc1)NCC(C)Cn1nc(C)cc1C.I. The van der Waals surface area contributed by atoms with Gasteiger partial charge in [0, 0.05) is 25.3 Å². The number of nitrogens with zero attached hydrogens (tertiary/aromatic N) is 3. The first-order chi connectivity index (χ1) is 14.7. The number of benzene rings is 1. The van der Waals surface area contributed by atoms with Gasteiger partial charge in [-0.3, -0.25) is 4.68 Å². The third-order valence-electron chi connectivity index (χ3n) is 4.53. The molecule has 2 aromatic rings. The van der Waals surface area contributed by atoms with Gasteiger partial charge in [-0.1, -0.05) is 31.2 Å². The highest BCUT2D eigenvalue weighted by atomic mass is 127. The fourth-order valence-corrected chi connectivity index (χ4v) is 3.03. The molecule has 180 valence electrons. The molecule has 1 unspecified atom stereocenters. The van der Waals surface area contributed by atoms with Gasteiger partial charge in [0.05, 0.1) is 18.8 Å². The standard InChI is InChI=1S/C22H32F3N5O.HI/c1-5-26-21(27-11-16(2)13-30-18(4)10-17(3)29-30)28-12-19-6-8-20(9-7-19)14-31-15-22(23,24)25;/h6-10,16H,5,11-15H2,1-4H3,(H2,26,27,28);1H. The van der Waals surface area contributed by atoms with E-state index in [0.29, 0.717) is 18.0 Å². The summed E-state index contributed by atoms with van der Waals surface area (Å²) in [6.07, 6.45) is -4.31. The molecule has 1 aromatic heterocycles. The number of halogens is 4. The molecule has 1 atom stereocenters. The highest BCUT2D eigenvalue weighted by Crippen LogP contribution is 2.16. The lowest BCUT2D eigenvalue weighted by atomic mass is 10.1. The molecule has 0 amide bonds. The van der Waals surface area contributed by atoms with Crippen LogP contribution in [0.1, 0.15) is 36.4 Å². The van der Waals surface area contributed by atoms with E-state index in [1.165, 1.54) is 0 Å². The number of rotatable bonds is 10. The number of hydrogen-bond acceptors (Lipinski definition) is 3. The lowest BCUT2D eigenvalue weighted by molar-refractivity contribution is -0.176. The molecule has 0 aliphatic heterocycles. The van der Waals surface area contributed by atoms with Crippen LogP contribution in [0.15, 0.2) is 35.3 Å². The predicted octanol–water partition coefficient (Wildman–Crippen LogP) is 4.59. The first-order valence-corrected chi connectivity index (χ1v) is 10.4. The van der Waals surface area contributed by atoms with E-state index in [9.17, 15) is 13.2 Å². The molecule has 0 saturated carbocycles. The summed E-state index contributed by atoms with van der Waals surface area (Å²) in [6.45, 7) is 9.68. The smallest absolute Gasteiger partial charge is 0.367 e. The van der Waals surface area contributed by atoms with Crippen molar-refractivity contribution in [3.63, 3.8) is 0 Å². The van der Waals surface area contributed by atoms with E-state index in [1.807, 2.05) is 30.7 Å². The molecule has 0 aliphatic carbocycles. The van der Waals surface area contributed by atoms with Gasteiger partial charge in [0.15, 0.2) is 5.96 Å². The monoisotopic (exact) mass is 567 g/mol. The van der Waals surface area contributed by atoms with Crippen LogP contribution in [-0.4, -0.2) is 41.6 Å². The zero-order valence-corrected chi connectivity index (χ0v) is 21.3. The molecule has 6 nitrogen and oxygen atoms in total. The van der Waals surface area contributed by atoms with Gasteiger partial charge in [0.2, 0.25) is 0 Å². The first kappa shape index (κ1) is 28.2. The largest absolute Gasteiger partial charge is 0.411 e. The van der Waals surface area contributed by atoms with E-state index in [2.05, 4.69) is 45.4 Å². The summed E-state index contributed by atoms with van der Waals surface area (Å²) in [4.78, 5) is 4.60. The maximum atomic E-state index is 12.1. The number of alkyl halides is 3. The average Bonchev–Trinajstić information content (AvgIpc) is 3.00. The maximum absolute atomic E-state index is 12.1. The van der Waals surface area contributed by atoms with Crippen molar-refractivity contribution in [2.45, 2.75) is 53.6 Å². The maximum Gasteiger partial charge on any atom is 0.411 e. The lowest BCUT2D eigenvalue weighted by Crippen LogP contribution is -2.40. The molecular formula is C22H33F3IN5O. The van der Waals surface area contributed by atoms with Crippen LogP contribution in [0.2, 0.25) is 0 Å². The van der Waals surface area contributed by atoms with E-state index >= 15 is 0 Å². The molecule has 0 saturated heterocycles. The van der Waals surface area contributed by atoms with E-state index in [0.717, 1.165) is 42.5 Å². The number of aliphatic imine (C=N–C) groups is 1. The van der Waals surface area contributed by atoms with Crippen LogP contribution in [0.3, 0.4) is 0 Å². The number of hydrogen-bond donors (Lipinski definition) is 2. The van der Waals surface area contributed by atoms with Gasteiger partial charge >= 0.3 is 6.18 Å². The van der Waals surface area contributed by atoms with Crippen LogP contribution in [0.5, 0.6) is 0 Å². The quantitative estimate of drug-likeness (QED) is 0.251. The molecule has 1 aromatic carbocycles. The molecule has 1 heterocycles. The minimum absolute atomic E-state index is 0. The molecule has 0 bridgehead atoms. The summed E-state index contributed by atoms with van der Waals surface area (Å²) in [5.74, 6) is 1.08. The second kappa shape index (κ2) is 13.7. The summed E-state index contributed by atoms with van der Waals surface area (Å²) >= 11 is 0. The Hall–Kier alpha value is -1.82. The molecule has 0 spiro atoms. The Morgan fingerprint density at radius 2 is 1.81 bits per heavy atom. The third-order valence-corrected chi connectivity index (χ3v) is 4.53. The van der Waals surface area contributed by atoms with Crippen molar-refractivity contribution >= 4 is 29.9 Å². The second-order valence-corrected chi connectivity index (χ2v) is 7.71. The van der Waals surface area contributed by atoms with Crippen molar-refractivity contribution in [1.29, 1.82) is 0 Å². The molecule has 0 radical (unpaired) electrons. The van der Waals surface area contributed by atoms with E-state index in [-0.39, 0.29) is 30.6 Å². The Bertz CT molecular complexity index is 837. The molecule has 2 rings (SSSR count). The van der Waals surface area contributed by atoms with Gasteiger partial charge in [0.25, 0.3) is 0 Å². The second-order valence-electron chi connectivity index (χ2n) is 7.71. The Morgan fingerprint density at radius 1 is 1.16 bits per heavy atom. The summed E-state index contributed by atoms with van der Waals surface area (Å²) in [6, 6.07) is 9.30. The normalized spacial score (nSPS) is 12.9. The van der Waals surface area contributed by atoms with Crippen LogP contribution in [0.25, 0.3) is 0 Å². The third kappa shape index (κ3) is 10.7. The minimum atomic E-state index is -4.31. The molecule has 32 heavy (non-hydrogen) atoms. The van der Waals surface area contributed by atoms with E-state index < -0.39 is 12.8 Å². The summed E-state index contributed by atoms with van der Waals surface area (Å²) < 4.78 is 43.1. The van der Waals surface area contributed by atoms with Crippen LogP contribution in [0, 0.1) is 19.8 Å². The highest BCUT2D eigenvalue weighted by Gasteiger charge is 2.27. The Morgan fingerprint density at radius 3 is 2.38 bits per heavy atom. The van der Waals surface area contributed by atoms with Crippen molar-refractivity contribution in [3.8, 4) is 0 Å². The van der Waals surface area contributed by atoms with Gasteiger partial charge < -0.3 is 15.4 Å². The van der Waals surface area contributed by atoms with Gasteiger partial charge in [0.1, 0.15) is 6.61 Å². The van der Waals surface area contributed by atoms with E-state index in [1.54, 1.807) is 12.1 Å². The molecular weight excluding hydrogens is 534 g/mol. The van der Waals surface area contributed by atoms with Gasteiger partial charge in [-0.05, 0) is 43.9 Å². The van der Waals surface area contributed by atoms with E-state index in [4.69, 9.17) is 0 Å². The van der Waals surface area contributed by atoms with Crippen molar-refractivity contribution < 1.29 is 17.9 Å². The van der Waals surface area contributed by atoms with Crippen LogP contribution >= 0.6 is 24.0 Å². The molecule has 2 N–H and O–H groups in total. The number of guanidine groups is 1. The number of aryl methyl sites for hydroxylation is 2. The summed E-state index contributed by atoms with van der Waals surface area (Å²) in [5.41, 5.74) is 3.83.